The van der Waals surface area contributed by atoms with Crippen molar-refractivity contribution in [2.75, 3.05) is 10.6 Å². The van der Waals surface area contributed by atoms with Gasteiger partial charge >= 0.3 is 0 Å². The Bertz CT molecular complexity index is 545. The molecule has 0 bridgehead atoms. The molecule has 2 aromatic rings. The molecule has 1 aromatic carbocycles. The molecule has 0 spiro atoms. The lowest BCUT2D eigenvalue weighted by Gasteiger charge is -2.16. The summed E-state index contributed by atoms with van der Waals surface area (Å²) in [6.07, 6.45) is 1.10. The molecule has 3 rings (SSSR count). The van der Waals surface area contributed by atoms with Crippen molar-refractivity contribution in [3.8, 4) is 0 Å². The first-order valence-corrected chi connectivity index (χ1v) is 6.82. The summed E-state index contributed by atoms with van der Waals surface area (Å²) in [4.78, 5) is 1.36. The SMILES string of the molecule is CCC1Nc2ccccc2Nc2sc(C)cc21. The second kappa shape index (κ2) is 4.08. The van der Waals surface area contributed by atoms with Crippen LogP contribution in [-0.2, 0) is 0 Å². The van der Waals surface area contributed by atoms with Gasteiger partial charge in [-0.15, -0.1) is 11.3 Å². The summed E-state index contributed by atoms with van der Waals surface area (Å²) in [6.45, 7) is 4.39. The minimum atomic E-state index is 0.408. The fraction of sp³-hybridized carbons (Fsp3) is 0.286. The lowest BCUT2D eigenvalue weighted by atomic mass is 10.1. The van der Waals surface area contributed by atoms with Gasteiger partial charge in [-0.2, -0.15) is 0 Å². The molecule has 0 amide bonds. The highest BCUT2D eigenvalue weighted by Crippen LogP contribution is 2.42. The van der Waals surface area contributed by atoms with Crippen LogP contribution in [0, 0.1) is 6.92 Å². The molecule has 2 N–H and O–H groups in total. The molecule has 17 heavy (non-hydrogen) atoms. The zero-order chi connectivity index (χ0) is 11.8. The van der Waals surface area contributed by atoms with Crippen LogP contribution in [0.15, 0.2) is 30.3 Å². The summed E-state index contributed by atoms with van der Waals surface area (Å²) in [5.74, 6) is 0. The van der Waals surface area contributed by atoms with Gasteiger partial charge in [-0.3, -0.25) is 0 Å². The van der Waals surface area contributed by atoms with E-state index in [4.69, 9.17) is 0 Å². The van der Waals surface area contributed by atoms with Crippen molar-refractivity contribution in [2.24, 2.45) is 0 Å². The third-order valence-electron chi connectivity index (χ3n) is 3.17. The van der Waals surface area contributed by atoms with Crippen LogP contribution >= 0.6 is 11.3 Å². The van der Waals surface area contributed by atoms with Gasteiger partial charge in [0.05, 0.1) is 22.4 Å². The molecule has 1 unspecified atom stereocenters. The Morgan fingerprint density at radius 2 is 2.00 bits per heavy atom. The van der Waals surface area contributed by atoms with Crippen molar-refractivity contribution in [1.29, 1.82) is 0 Å². The lowest BCUT2D eigenvalue weighted by molar-refractivity contribution is 0.757. The summed E-state index contributed by atoms with van der Waals surface area (Å²) in [5, 5.41) is 8.45. The summed E-state index contributed by atoms with van der Waals surface area (Å²) in [6, 6.07) is 11.1. The van der Waals surface area contributed by atoms with Crippen molar-refractivity contribution in [3.05, 3.63) is 40.8 Å². The molecule has 0 saturated heterocycles. The van der Waals surface area contributed by atoms with Gasteiger partial charge in [0.2, 0.25) is 0 Å². The number of para-hydroxylation sites is 2. The maximum Gasteiger partial charge on any atom is 0.0983 e. The van der Waals surface area contributed by atoms with E-state index >= 15 is 0 Å². The van der Waals surface area contributed by atoms with Crippen LogP contribution in [-0.4, -0.2) is 0 Å². The molecule has 2 nitrogen and oxygen atoms in total. The van der Waals surface area contributed by atoms with E-state index in [0.717, 1.165) is 6.42 Å². The van der Waals surface area contributed by atoms with Gasteiger partial charge in [0.15, 0.2) is 0 Å². The van der Waals surface area contributed by atoms with E-state index in [9.17, 15) is 0 Å². The van der Waals surface area contributed by atoms with E-state index in [2.05, 4.69) is 54.8 Å². The molecule has 88 valence electrons. The number of hydrogen-bond acceptors (Lipinski definition) is 3. The van der Waals surface area contributed by atoms with E-state index in [1.54, 1.807) is 0 Å². The molecule has 1 aromatic heterocycles. The van der Waals surface area contributed by atoms with Crippen LogP contribution in [0.4, 0.5) is 16.4 Å². The first-order valence-electron chi connectivity index (χ1n) is 6.01. The van der Waals surface area contributed by atoms with Gasteiger partial charge < -0.3 is 10.6 Å². The molecule has 3 heteroatoms. The molecule has 1 aliphatic heterocycles. The van der Waals surface area contributed by atoms with Crippen molar-refractivity contribution in [2.45, 2.75) is 26.3 Å². The van der Waals surface area contributed by atoms with Crippen molar-refractivity contribution >= 4 is 27.7 Å². The Morgan fingerprint density at radius 1 is 1.24 bits per heavy atom. The molecule has 0 radical (unpaired) electrons. The minimum Gasteiger partial charge on any atom is -0.376 e. The number of anilines is 3. The zero-order valence-corrected chi connectivity index (χ0v) is 10.9. The number of nitrogens with one attached hydrogen (secondary N) is 2. The third kappa shape index (κ3) is 1.80. The molecule has 0 saturated carbocycles. The zero-order valence-electron chi connectivity index (χ0n) is 10.1. The monoisotopic (exact) mass is 244 g/mol. The quantitative estimate of drug-likeness (QED) is 0.761. The van der Waals surface area contributed by atoms with Gasteiger partial charge in [-0.1, -0.05) is 19.1 Å². The third-order valence-corrected chi connectivity index (χ3v) is 4.15. The predicted octanol–water partition coefficient (Wildman–Crippen LogP) is 4.68. The molecule has 0 fully saturated rings. The average molecular weight is 244 g/mol. The Balaban J connectivity index is 2.12. The predicted molar refractivity (Wildman–Crippen MR) is 75.4 cm³/mol. The van der Waals surface area contributed by atoms with E-state index in [1.807, 2.05) is 11.3 Å². The molecular formula is C14H16N2S. The van der Waals surface area contributed by atoms with Crippen molar-refractivity contribution < 1.29 is 0 Å². The number of benzene rings is 1. The number of thiophene rings is 1. The maximum atomic E-state index is 3.62. The highest BCUT2D eigenvalue weighted by Gasteiger charge is 2.21. The van der Waals surface area contributed by atoms with Crippen molar-refractivity contribution in [3.63, 3.8) is 0 Å². The minimum absolute atomic E-state index is 0.408. The normalized spacial score (nSPS) is 17.4. The van der Waals surface area contributed by atoms with E-state index in [1.165, 1.54) is 26.8 Å². The van der Waals surface area contributed by atoms with Crippen LogP contribution in [0.3, 0.4) is 0 Å². The van der Waals surface area contributed by atoms with Crippen molar-refractivity contribution in [1.82, 2.24) is 0 Å². The van der Waals surface area contributed by atoms with Crippen LogP contribution in [0.2, 0.25) is 0 Å². The summed E-state index contributed by atoms with van der Waals surface area (Å²) >= 11 is 1.84. The average Bonchev–Trinajstić information content (AvgIpc) is 2.62. The maximum absolute atomic E-state index is 3.62. The molecule has 2 heterocycles. The number of hydrogen-bond donors (Lipinski definition) is 2. The van der Waals surface area contributed by atoms with Gasteiger partial charge in [0.25, 0.3) is 0 Å². The highest BCUT2D eigenvalue weighted by molar-refractivity contribution is 7.16. The first kappa shape index (κ1) is 10.7. The van der Waals surface area contributed by atoms with Crippen LogP contribution in [0.25, 0.3) is 0 Å². The van der Waals surface area contributed by atoms with Crippen LogP contribution < -0.4 is 10.6 Å². The number of rotatable bonds is 1. The van der Waals surface area contributed by atoms with Crippen LogP contribution in [0.5, 0.6) is 0 Å². The van der Waals surface area contributed by atoms with Gasteiger partial charge in [0.1, 0.15) is 0 Å². The van der Waals surface area contributed by atoms with E-state index in [-0.39, 0.29) is 0 Å². The molecule has 1 atom stereocenters. The Labute approximate surface area is 106 Å². The highest BCUT2D eigenvalue weighted by atomic mass is 32.1. The van der Waals surface area contributed by atoms with Gasteiger partial charge in [-0.05, 0) is 31.5 Å². The van der Waals surface area contributed by atoms with Crippen LogP contribution in [0.1, 0.15) is 29.8 Å². The Kier molecular flexibility index (Phi) is 2.56. The second-order valence-electron chi connectivity index (χ2n) is 4.42. The fourth-order valence-electron chi connectivity index (χ4n) is 2.32. The Hall–Kier alpha value is -1.48. The topological polar surface area (TPSA) is 24.1 Å². The molecule has 1 aliphatic rings. The number of fused-ring (bicyclic) bond motifs is 2. The van der Waals surface area contributed by atoms with E-state index < -0.39 is 0 Å². The summed E-state index contributed by atoms with van der Waals surface area (Å²) < 4.78 is 0. The molecular weight excluding hydrogens is 228 g/mol. The smallest absolute Gasteiger partial charge is 0.0983 e. The Morgan fingerprint density at radius 3 is 2.76 bits per heavy atom. The summed E-state index contributed by atoms with van der Waals surface area (Å²) in [5.41, 5.74) is 3.76. The first-order chi connectivity index (χ1) is 8.28. The lowest BCUT2D eigenvalue weighted by Crippen LogP contribution is -2.07. The standard InChI is InChI=1S/C14H16N2S/c1-3-11-10-8-9(2)17-14(10)16-13-7-5-4-6-12(13)15-11/h4-8,11,15-16H,3H2,1-2H3. The van der Waals surface area contributed by atoms with E-state index in [0.29, 0.717) is 6.04 Å². The molecule has 0 aliphatic carbocycles. The fourth-order valence-corrected chi connectivity index (χ4v) is 3.31. The van der Waals surface area contributed by atoms with Gasteiger partial charge in [0, 0.05) is 10.4 Å². The van der Waals surface area contributed by atoms with Gasteiger partial charge in [-0.25, -0.2) is 0 Å². The largest absolute Gasteiger partial charge is 0.376 e. The number of aryl methyl sites for hydroxylation is 1. The summed E-state index contributed by atoms with van der Waals surface area (Å²) in [7, 11) is 0. The second-order valence-corrected chi connectivity index (χ2v) is 5.67.